The van der Waals surface area contributed by atoms with Gasteiger partial charge in [-0.3, -0.25) is 9.69 Å². The Hall–Kier alpha value is -2.14. The number of aryl methyl sites for hydroxylation is 2. The molecule has 2 aromatic rings. The smallest absolute Gasteiger partial charge is 0.317 e. The molecule has 0 radical (unpaired) electrons. The van der Waals surface area contributed by atoms with Crippen LogP contribution in [0.5, 0.6) is 0 Å². The van der Waals surface area contributed by atoms with Gasteiger partial charge < -0.3 is 9.67 Å². The Morgan fingerprint density at radius 1 is 1.40 bits per heavy atom. The van der Waals surface area contributed by atoms with Crippen LogP contribution < -0.4 is 0 Å². The number of hydrogen-bond donors (Lipinski definition) is 1. The number of hydrogen-bond acceptors (Lipinski definition) is 3. The van der Waals surface area contributed by atoms with Crippen LogP contribution >= 0.6 is 0 Å². The number of aromatic nitrogens is 2. The quantitative estimate of drug-likeness (QED) is 0.872. The molecule has 20 heavy (non-hydrogen) atoms. The molecule has 0 fully saturated rings. The maximum atomic E-state index is 11.0. The fourth-order valence-electron chi connectivity index (χ4n) is 2.19. The highest BCUT2D eigenvalue weighted by molar-refractivity contribution is 5.69. The van der Waals surface area contributed by atoms with Crippen molar-refractivity contribution in [3.63, 3.8) is 0 Å². The van der Waals surface area contributed by atoms with E-state index in [0.29, 0.717) is 13.1 Å². The summed E-state index contributed by atoms with van der Waals surface area (Å²) < 4.78 is 1.91. The van der Waals surface area contributed by atoms with Crippen LogP contribution in [-0.2, 0) is 24.9 Å². The number of carbonyl (C=O) groups is 1. The second-order valence-corrected chi connectivity index (χ2v) is 5.02. The number of carboxylic acids is 1. The van der Waals surface area contributed by atoms with E-state index in [1.807, 2.05) is 41.6 Å². The minimum absolute atomic E-state index is 0.0130. The normalized spacial score (nSPS) is 10.9. The molecule has 0 amide bonds. The van der Waals surface area contributed by atoms with Crippen molar-refractivity contribution in [1.29, 1.82) is 0 Å². The minimum atomic E-state index is -0.820. The number of rotatable bonds is 6. The Labute approximate surface area is 118 Å². The number of benzene rings is 1. The number of aliphatic carboxylic acids is 1. The molecule has 0 unspecified atom stereocenters. The fraction of sp³-hybridized carbons (Fsp3) is 0.333. The van der Waals surface area contributed by atoms with Crippen molar-refractivity contribution in [3.8, 4) is 0 Å². The van der Waals surface area contributed by atoms with E-state index in [-0.39, 0.29) is 6.54 Å². The molecule has 0 saturated heterocycles. The van der Waals surface area contributed by atoms with Crippen LogP contribution in [0.1, 0.15) is 16.8 Å². The van der Waals surface area contributed by atoms with Gasteiger partial charge in [-0.2, -0.15) is 0 Å². The fourth-order valence-corrected chi connectivity index (χ4v) is 2.19. The maximum Gasteiger partial charge on any atom is 0.317 e. The van der Waals surface area contributed by atoms with Crippen LogP contribution in [0.3, 0.4) is 0 Å². The highest BCUT2D eigenvalue weighted by atomic mass is 16.4. The summed E-state index contributed by atoms with van der Waals surface area (Å²) in [6.07, 6.45) is 3.49. The van der Waals surface area contributed by atoms with E-state index in [4.69, 9.17) is 5.11 Å². The summed E-state index contributed by atoms with van der Waals surface area (Å²) >= 11 is 0. The van der Waals surface area contributed by atoms with E-state index in [1.54, 1.807) is 12.5 Å². The molecule has 1 N–H and O–H groups in total. The predicted octanol–water partition coefficient (Wildman–Crippen LogP) is 1.82. The molecule has 0 spiro atoms. The standard InChI is InChI=1S/C15H19N3O2/c1-12-4-3-5-13(6-12)8-18(10-15(19)20)9-14-7-16-11-17(14)2/h3-7,11H,8-10H2,1-2H3,(H,19,20). The molecule has 1 aromatic heterocycles. The summed E-state index contributed by atoms with van der Waals surface area (Å²) in [5.74, 6) is -0.820. The third kappa shape index (κ3) is 3.93. The van der Waals surface area contributed by atoms with Crippen molar-refractivity contribution in [2.24, 2.45) is 7.05 Å². The summed E-state index contributed by atoms with van der Waals surface area (Å²) in [5, 5.41) is 9.05. The first-order valence-corrected chi connectivity index (χ1v) is 6.49. The van der Waals surface area contributed by atoms with Crippen molar-refractivity contribution in [1.82, 2.24) is 14.5 Å². The van der Waals surface area contributed by atoms with E-state index < -0.39 is 5.97 Å². The molecule has 0 saturated carbocycles. The molecule has 0 atom stereocenters. The zero-order chi connectivity index (χ0) is 14.5. The van der Waals surface area contributed by atoms with Crippen molar-refractivity contribution in [2.45, 2.75) is 20.0 Å². The number of carboxylic acid groups (broad SMARTS) is 1. The second kappa shape index (κ2) is 6.34. The highest BCUT2D eigenvalue weighted by Gasteiger charge is 2.13. The van der Waals surface area contributed by atoms with Crippen LogP contribution in [0.25, 0.3) is 0 Å². The van der Waals surface area contributed by atoms with E-state index in [9.17, 15) is 4.79 Å². The lowest BCUT2D eigenvalue weighted by Crippen LogP contribution is -2.29. The van der Waals surface area contributed by atoms with E-state index in [2.05, 4.69) is 11.1 Å². The van der Waals surface area contributed by atoms with Gasteiger partial charge in [-0.05, 0) is 12.5 Å². The second-order valence-electron chi connectivity index (χ2n) is 5.02. The van der Waals surface area contributed by atoms with Crippen molar-refractivity contribution in [3.05, 3.63) is 53.6 Å². The molecular weight excluding hydrogens is 254 g/mol. The number of imidazole rings is 1. The van der Waals surface area contributed by atoms with Gasteiger partial charge in [0, 0.05) is 26.3 Å². The summed E-state index contributed by atoms with van der Waals surface area (Å²) in [6.45, 7) is 3.22. The Kier molecular flexibility index (Phi) is 4.53. The average molecular weight is 273 g/mol. The van der Waals surface area contributed by atoms with E-state index in [1.165, 1.54) is 5.56 Å². The van der Waals surface area contributed by atoms with Gasteiger partial charge in [-0.1, -0.05) is 29.8 Å². The van der Waals surface area contributed by atoms with Crippen molar-refractivity contribution < 1.29 is 9.90 Å². The lowest BCUT2D eigenvalue weighted by atomic mass is 10.1. The topological polar surface area (TPSA) is 58.4 Å². The molecule has 2 rings (SSSR count). The largest absolute Gasteiger partial charge is 0.480 e. The molecular formula is C15H19N3O2. The van der Waals surface area contributed by atoms with Gasteiger partial charge in [-0.15, -0.1) is 0 Å². The Morgan fingerprint density at radius 3 is 2.80 bits per heavy atom. The van der Waals surface area contributed by atoms with Gasteiger partial charge in [0.05, 0.1) is 18.6 Å². The number of nitrogens with zero attached hydrogens (tertiary/aromatic N) is 3. The average Bonchev–Trinajstić information content (AvgIpc) is 2.74. The Morgan fingerprint density at radius 2 is 2.20 bits per heavy atom. The first-order valence-electron chi connectivity index (χ1n) is 6.49. The minimum Gasteiger partial charge on any atom is -0.480 e. The van der Waals surface area contributed by atoms with E-state index >= 15 is 0 Å². The highest BCUT2D eigenvalue weighted by Crippen LogP contribution is 2.11. The van der Waals surface area contributed by atoms with Gasteiger partial charge in [0.1, 0.15) is 0 Å². The molecule has 106 valence electrons. The first kappa shape index (κ1) is 14.3. The van der Waals surface area contributed by atoms with Crippen LogP contribution in [0.15, 0.2) is 36.8 Å². The van der Waals surface area contributed by atoms with Gasteiger partial charge in [0.2, 0.25) is 0 Å². The van der Waals surface area contributed by atoms with Crippen LogP contribution in [-0.4, -0.2) is 32.1 Å². The zero-order valence-corrected chi connectivity index (χ0v) is 11.8. The Balaban J connectivity index is 2.11. The van der Waals surface area contributed by atoms with Gasteiger partial charge in [-0.25, -0.2) is 4.98 Å². The molecule has 0 aliphatic carbocycles. The lowest BCUT2D eigenvalue weighted by Gasteiger charge is -2.20. The molecule has 5 nitrogen and oxygen atoms in total. The maximum absolute atomic E-state index is 11.0. The van der Waals surface area contributed by atoms with Crippen molar-refractivity contribution >= 4 is 5.97 Å². The van der Waals surface area contributed by atoms with Crippen LogP contribution in [0, 0.1) is 6.92 Å². The molecule has 0 aliphatic heterocycles. The summed E-state index contributed by atoms with van der Waals surface area (Å²) in [7, 11) is 1.91. The third-order valence-electron chi connectivity index (χ3n) is 3.15. The lowest BCUT2D eigenvalue weighted by molar-refractivity contribution is -0.138. The molecule has 0 bridgehead atoms. The van der Waals surface area contributed by atoms with Gasteiger partial charge in [0.25, 0.3) is 0 Å². The summed E-state index contributed by atoms with van der Waals surface area (Å²) in [5.41, 5.74) is 3.30. The molecule has 0 aliphatic rings. The molecule has 1 aromatic carbocycles. The van der Waals surface area contributed by atoms with Crippen LogP contribution in [0.2, 0.25) is 0 Å². The van der Waals surface area contributed by atoms with Gasteiger partial charge >= 0.3 is 5.97 Å². The predicted molar refractivity (Wildman–Crippen MR) is 76.1 cm³/mol. The van der Waals surface area contributed by atoms with Crippen LogP contribution in [0.4, 0.5) is 0 Å². The molecule has 1 heterocycles. The first-order chi connectivity index (χ1) is 9.54. The SMILES string of the molecule is Cc1cccc(CN(CC(=O)O)Cc2cncn2C)c1. The van der Waals surface area contributed by atoms with Gasteiger partial charge in [0.15, 0.2) is 0 Å². The Bertz CT molecular complexity index is 592. The third-order valence-corrected chi connectivity index (χ3v) is 3.15. The summed E-state index contributed by atoms with van der Waals surface area (Å²) in [6, 6.07) is 8.13. The molecule has 5 heteroatoms. The summed E-state index contributed by atoms with van der Waals surface area (Å²) in [4.78, 5) is 17.0. The van der Waals surface area contributed by atoms with Crippen molar-refractivity contribution in [2.75, 3.05) is 6.54 Å². The monoisotopic (exact) mass is 273 g/mol. The van der Waals surface area contributed by atoms with E-state index in [0.717, 1.165) is 11.3 Å². The zero-order valence-electron chi connectivity index (χ0n) is 11.8.